The van der Waals surface area contributed by atoms with Gasteiger partial charge in [0.2, 0.25) is 0 Å². The number of piperidine rings is 1. The molecular weight excluding hydrogens is 216 g/mol. The van der Waals surface area contributed by atoms with Crippen LogP contribution in [0.1, 0.15) is 33.1 Å². The number of hydrogen-bond acceptors (Lipinski definition) is 3. The van der Waals surface area contributed by atoms with Crippen LogP contribution >= 0.6 is 11.8 Å². The molecule has 2 heterocycles. The Morgan fingerprint density at radius 1 is 1.38 bits per heavy atom. The van der Waals surface area contributed by atoms with Crippen LogP contribution in [-0.4, -0.2) is 41.6 Å². The van der Waals surface area contributed by atoms with E-state index in [1.54, 1.807) is 0 Å². The molecule has 94 valence electrons. The minimum absolute atomic E-state index is 0.331. The fourth-order valence-corrected chi connectivity index (χ4v) is 4.39. The molecule has 0 amide bonds. The molecule has 0 aromatic carbocycles. The van der Waals surface area contributed by atoms with Crippen molar-refractivity contribution < 1.29 is 0 Å². The molecule has 0 bridgehead atoms. The van der Waals surface area contributed by atoms with Gasteiger partial charge in [-0.2, -0.15) is 11.8 Å². The molecule has 0 radical (unpaired) electrons. The van der Waals surface area contributed by atoms with Crippen molar-refractivity contribution in [1.29, 1.82) is 0 Å². The van der Waals surface area contributed by atoms with Crippen molar-refractivity contribution in [2.45, 2.75) is 38.6 Å². The number of thioether (sulfide) groups is 1. The third kappa shape index (κ3) is 2.41. The van der Waals surface area contributed by atoms with Crippen LogP contribution in [0.15, 0.2) is 0 Å². The SMILES string of the molecule is CC1CCN(C2(CN)CCCSC2)CC1C. The fraction of sp³-hybridized carbons (Fsp3) is 1.00. The Bertz CT molecular complexity index is 226. The van der Waals surface area contributed by atoms with Gasteiger partial charge in [0.1, 0.15) is 0 Å². The molecule has 0 spiro atoms. The lowest BCUT2D eigenvalue weighted by atomic mass is 9.83. The molecule has 2 N–H and O–H groups in total. The van der Waals surface area contributed by atoms with E-state index in [-0.39, 0.29) is 0 Å². The van der Waals surface area contributed by atoms with Crippen molar-refractivity contribution in [1.82, 2.24) is 4.90 Å². The van der Waals surface area contributed by atoms with Gasteiger partial charge in [-0.25, -0.2) is 0 Å². The van der Waals surface area contributed by atoms with E-state index in [1.165, 1.54) is 43.9 Å². The number of likely N-dealkylation sites (tertiary alicyclic amines) is 1. The summed E-state index contributed by atoms with van der Waals surface area (Å²) in [6.07, 6.45) is 4.02. The van der Waals surface area contributed by atoms with E-state index in [0.29, 0.717) is 5.54 Å². The van der Waals surface area contributed by atoms with Crippen molar-refractivity contribution in [3.8, 4) is 0 Å². The maximum Gasteiger partial charge on any atom is 0.0422 e. The molecule has 3 unspecified atom stereocenters. The highest BCUT2D eigenvalue weighted by molar-refractivity contribution is 7.99. The number of hydrogen-bond donors (Lipinski definition) is 1. The van der Waals surface area contributed by atoms with E-state index in [0.717, 1.165) is 18.4 Å². The molecule has 0 aromatic rings. The second-order valence-electron chi connectivity index (χ2n) is 5.77. The van der Waals surface area contributed by atoms with Crippen LogP contribution in [0, 0.1) is 11.8 Å². The summed E-state index contributed by atoms with van der Waals surface area (Å²) in [5.41, 5.74) is 6.42. The third-order valence-corrected chi connectivity index (χ3v) is 6.01. The zero-order valence-corrected chi connectivity index (χ0v) is 11.6. The molecule has 2 aliphatic rings. The van der Waals surface area contributed by atoms with Gasteiger partial charge >= 0.3 is 0 Å². The van der Waals surface area contributed by atoms with E-state index in [9.17, 15) is 0 Å². The van der Waals surface area contributed by atoms with Gasteiger partial charge in [0.25, 0.3) is 0 Å². The zero-order chi connectivity index (χ0) is 11.6. The van der Waals surface area contributed by atoms with Crippen LogP contribution < -0.4 is 5.73 Å². The zero-order valence-electron chi connectivity index (χ0n) is 10.7. The Balaban J connectivity index is 2.03. The maximum absolute atomic E-state index is 6.09. The van der Waals surface area contributed by atoms with Crippen LogP contribution in [0.5, 0.6) is 0 Å². The van der Waals surface area contributed by atoms with Gasteiger partial charge in [-0.15, -0.1) is 0 Å². The second kappa shape index (κ2) is 5.28. The molecule has 3 atom stereocenters. The van der Waals surface area contributed by atoms with Crippen LogP contribution in [0.4, 0.5) is 0 Å². The van der Waals surface area contributed by atoms with E-state index in [1.807, 2.05) is 0 Å². The van der Waals surface area contributed by atoms with Crippen LogP contribution in [0.2, 0.25) is 0 Å². The van der Waals surface area contributed by atoms with Crippen molar-refractivity contribution in [3.05, 3.63) is 0 Å². The molecule has 2 fully saturated rings. The maximum atomic E-state index is 6.09. The first kappa shape index (κ1) is 12.7. The van der Waals surface area contributed by atoms with Gasteiger partial charge in [-0.05, 0) is 43.4 Å². The smallest absolute Gasteiger partial charge is 0.0422 e. The number of nitrogens with two attached hydrogens (primary N) is 1. The molecule has 2 rings (SSSR count). The minimum atomic E-state index is 0.331. The Hall–Kier alpha value is 0.270. The topological polar surface area (TPSA) is 29.3 Å². The Labute approximate surface area is 104 Å². The average molecular weight is 242 g/mol. The first-order valence-electron chi connectivity index (χ1n) is 6.71. The van der Waals surface area contributed by atoms with Gasteiger partial charge in [-0.3, -0.25) is 4.90 Å². The van der Waals surface area contributed by atoms with Crippen LogP contribution in [0.3, 0.4) is 0 Å². The highest BCUT2D eigenvalue weighted by atomic mass is 32.2. The largest absolute Gasteiger partial charge is 0.329 e. The minimum Gasteiger partial charge on any atom is -0.329 e. The van der Waals surface area contributed by atoms with E-state index in [4.69, 9.17) is 5.73 Å². The molecule has 0 aliphatic carbocycles. The third-order valence-electron chi connectivity index (χ3n) is 4.69. The van der Waals surface area contributed by atoms with Gasteiger partial charge in [0.05, 0.1) is 0 Å². The second-order valence-corrected chi connectivity index (χ2v) is 6.88. The van der Waals surface area contributed by atoms with Gasteiger partial charge < -0.3 is 5.73 Å². The summed E-state index contributed by atoms with van der Waals surface area (Å²) in [5, 5.41) is 0. The summed E-state index contributed by atoms with van der Waals surface area (Å²) < 4.78 is 0. The summed E-state index contributed by atoms with van der Waals surface area (Å²) in [7, 11) is 0. The molecule has 3 heteroatoms. The van der Waals surface area contributed by atoms with Crippen molar-refractivity contribution in [2.24, 2.45) is 17.6 Å². The van der Waals surface area contributed by atoms with Gasteiger partial charge in [0, 0.05) is 24.4 Å². The molecule has 2 nitrogen and oxygen atoms in total. The monoisotopic (exact) mass is 242 g/mol. The first-order valence-corrected chi connectivity index (χ1v) is 7.86. The first-order chi connectivity index (χ1) is 7.68. The molecule has 0 saturated carbocycles. The predicted molar refractivity (Wildman–Crippen MR) is 72.9 cm³/mol. The summed E-state index contributed by atoms with van der Waals surface area (Å²) in [6.45, 7) is 8.17. The van der Waals surface area contributed by atoms with Crippen molar-refractivity contribution in [2.75, 3.05) is 31.1 Å². The quantitative estimate of drug-likeness (QED) is 0.805. The Kier molecular flexibility index (Phi) is 4.20. The Morgan fingerprint density at radius 3 is 2.75 bits per heavy atom. The lowest BCUT2D eigenvalue weighted by Crippen LogP contribution is -2.60. The van der Waals surface area contributed by atoms with Crippen molar-refractivity contribution in [3.63, 3.8) is 0 Å². The van der Waals surface area contributed by atoms with Gasteiger partial charge in [0.15, 0.2) is 0 Å². The summed E-state index contributed by atoms with van der Waals surface area (Å²) in [4.78, 5) is 2.71. The standard InChI is InChI=1S/C13H26N2S/c1-11-4-6-15(8-12(11)2)13(9-14)5-3-7-16-10-13/h11-12H,3-10,14H2,1-2H3. The molecule has 0 aromatic heterocycles. The van der Waals surface area contributed by atoms with E-state index >= 15 is 0 Å². The normalized spacial score (nSPS) is 42.2. The summed E-state index contributed by atoms with van der Waals surface area (Å²) in [6, 6.07) is 0. The average Bonchev–Trinajstić information content (AvgIpc) is 2.33. The highest BCUT2D eigenvalue weighted by Gasteiger charge is 2.39. The molecule has 16 heavy (non-hydrogen) atoms. The van der Waals surface area contributed by atoms with Crippen LogP contribution in [-0.2, 0) is 0 Å². The van der Waals surface area contributed by atoms with E-state index < -0.39 is 0 Å². The predicted octanol–water partition coefficient (Wildman–Crippen LogP) is 2.19. The fourth-order valence-electron chi connectivity index (χ4n) is 3.07. The lowest BCUT2D eigenvalue weighted by molar-refractivity contribution is 0.0374. The number of rotatable bonds is 2. The Morgan fingerprint density at radius 2 is 2.19 bits per heavy atom. The highest BCUT2D eigenvalue weighted by Crippen LogP contribution is 2.35. The molecular formula is C13H26N2S. The molecule has 2 saturated heterocycles. The van der Waals surface area contributed by atoms with E-state index in [2.05, 4.69) is 30.5 Å². The van der Waals surface area contributed by atoms with Gasteiger partial charge in [-0.1, -0.05) is 13.8 Å². The number of nitrogens with zero attached hydrogens (tertiary/aromatic N) is 1. The van der Waals surface area contributed by atoms with Crippen molar-refractivity contribution >= 4 is 11.8 Å². The molecule has 2 aliphatic heterocycles. The van der Waals surface area contributed by atoms with Crippen LogP contribution in [0.25, 0.3) is 0 Å². The summed E-state index contributed by atoms with van der Waals surface area (Å²) in [5.74, 6) is 4.32. The summed E-state index contributed by atoms with van der Waals surface area (Å²) >= 11 is 2.10. The lowest BCUT2D eigenvalue weighted by Gasteiger charge is -2.50.